The molecular weight excluding hydrogens is 366 g/mol. The van der Waals surface area contributed by atoms with E-state index in [9.17, 15) is 0 Å². The molecular formula is C16H24FIN2. The fraction of sp³-hybridized carbons (Fsp3) is 0.688. The normalized spacial score (nSPS) is 30.7. The van der Waals surface area contributed by atoms with Gasteiger partial charge in [-0.1, -0.05) is 29.5 Å². The molecule has 0 aromatic carbocycles. The molecule has 112 valence electrons. The quantitative estimate of drug-likeness (QED) is 0.391. The van der Waals surface area contributed by atoms with Crippen LogP contribution in [0.25, 0.3) is 0 Å². The molecule has 0 N–H and O–H groups in total. The van der Waals surface area contributed by atoms with E-state index in [1.54, 1.807) is 6.92 Å². The van der Waals surface area contributed by atoms with E-state index in [1.807, 2.05) is 25.7 Å². The second-order valence-electron chi connectivity index (χ2n) is 6.31. The van der Waals surface area contributed by atoms with Crippen molar-refractivity contribution in [3.05, 3.63) is 28.1 Å². The van der Waals surface area contributed by atoms with Crippen LogP contribution < -0.4 is 0 Å². The van der Waals surface area contributed by atoms with Crippen LogP contribution in [-0.4, -0.2) is 20.0 Å². The summed E-state index contributed by atoms with van der Waals surface area (Å²) in [7, 11) is 0. The third-order valence-electron chi connectivity index (χ3n) is 4.54. The largest absolute Gasteiger partial charge is 0.258 e. The summed E-state index contributed by atoms with van der Waals surface area (Å²) in [6.07, 6.45) is 0. The van der Waals surface area contributed by atoms with Crippen molar-refractivity contribution < 1.29 is 4.39 Å². The molecule has 20 heavy (non-hydrogen) atoms. The molecule has 0 amide bonds. The Balaban J connectivity index is 2.80. The zero-order valence-corrected chi connectivity index (χ0v) is 15.5. The SMILES string of the molecule is Cc1nc(C)c2c(c1C)C(C)(F)N(C(C)C)C(I)C2C. The van der Waals surface area contributed by atoms with E-state index in [2.05, 4.69) is 48.3 Å². The maximum atomic E-state index is 15.7. The Kier molecular flexibility index (Phi) is 4.20. The van der Waals surface area contributed by atoms with E-state index in [4.69, 9.17) is 0 Å². The molecule has 0 radical (unpaired) electrons. The number of nitrogens with zero attached hydrogens (tertiary/aromatic N) is 2. The molecule has 1 aliphatic rings. The number of pyridine rings is 1. The van der Waals surface area contributed by atoms with E-state index < -0.39 is 5.79 Å². The minimum atomic E-state index is -1.44. The topological polar surface area (TPSA) is 16.1 Å². The minimum Gasteiger partial charge on any atom is -0.258 e. The molecule has 1 aromatic rings. The van der Waals surface area contributed by atoms with Crippen LogP contribution in [0.2, 0.25) is 0 Å². The van der Waals surface area contributed by atoms with Crippen LogP contribution in [-0.2, 0) is 5.79 Å². The molecule has 2 nitrogen and oxygen atoms in total. The summed E-state index contributed by atoms with van der Waals surface area (Å²) in [6, 6.07) is 0.163. The molecule has 0 bridgehead atoms. The number of rotatable bonds is 1. The van der Waals surface area contributed by atoms with Gasteiger partial charge in [0.2, 0.25) is 0 Å². The molecule has 0 spiro atoms. The van der Waals surface area contributed by atoms with Gasteiger partial charge in [0.25, 0.3) is 0 Å². The van der Waals surface area contributed by atoms with Crippen LogP contribution in [0.4, 0.5) is 4.39 Å². The van der Waals surface area contributed by atoms with Crippen LogP contribution in [0.3, 0.4) is 0 Å². The molecule has 1 aliphatic heterocycles. The van der Waals surface area contributed by atoms with Gasteiger partial charge in [0.1, 0.15) is 0 Å². The molecule has 2 rings (SSSR count). The highest BCUT2D eigenvalue weighted by molar-refractivity contribution is 14.1. The van der Waals surface area contributed by atoms with E-state index in [0.29, 0.717) is 0 Å². The molecule has 2 heterocycles. The van der Waals surface area contributed by atoms with Crippen LogP contribution in [0.15, 0.2) is 0 Å². The van der Waals surface area contributed by atoms with Gasteiger partial charge in [0, 0.05) is 28.9 Å². The summed E-state index contributed by atoms with van der Waals surface area (Å²) >= 11 is 2.38. The summed E-state index contributed by atoms with van der Waals surface area (Å²) in [4.78, 5) is 6.61. The van der Waals surface area contributed by atoms with Crippen LogP contribution in [0.5, 0.6) is 0 Å². The van der Waals surface area contributed by atoms with Gasteiger partial charge in [0.15, 0.2) is 5.79 Å². The maximum Gasteiger partial charge on any atom is 0.188 e. The van der Waals surface area contributed by atoms with Gasteiger partial charge in [-0.05, 0) is 52.7 Å². The molecule has 1 aromatic heterocycles. The number of aromatic nitrogens is 1. The van der Waals surface area contributed by atoms with E-state index in [1.165, 1.54) is 0 Å². The zero-order chi connectivity index (χ0) is 15.4. The second kappa shape index (κ2) is 5.20. The molecule has 0 saturated heterocycles. The van der Waals surface area contributed by atoms with Crippen molar-refractivity contribution in [1.82, 2.24) is 9.88 Å². The molecule has 4 heteroatoms. The first-order chi connectivity index (χ1) is 9.10. The summed E-state index contributed by atoms with van der Waals surface area (Å²) in [5, 5.41) is 0. The summed E-state index contributed by atoms with van der Waals surface area (Å²) in [5.74, 6) is -1.16. The lowest BCUT2D eigenvalue weighted by molar-refractivity contribution is -0.0655. The van der Waals surface area contributed by atoms with Crippen molar-refractivity contribution in [3.63, 3.8) is 0 Å². The van der Waals surface area contributed by atoms with Gasteiger partial charge < -0.3 is 0 Å². The van der Waals surface area contributed by atoms with Gasteiger partial charge in [-0.25, -0.2) is 4.39 Å². The van der Waals surface area contributed by atoms with Crippen LogP contribution in [0.1, 0.15) is 61.7 Å². The molecule has 0 saturated carbocycles. The Morgan fingerprint density at radius 2 is 1.80 bits per heavy atom. The predicted octanol–water partition coefficient (Wildman–Crippen LogP) is 4.74. The molecule has 0 aliphatic carbocycles. The Morgan fingerprint density at radius 3 is 2.30 bits per heavy atom. The first-order valence-electron chi connectivity index (χ1n) is 7.20. The van der Waals surface area contributed by atoms with Crippen molar-refractivity contribution in [1.29, 1.82) is 0 Å². The summed E-state index contributed by atoms with van der Waals surface area (Å²) in [6.45, 7) is 14.0. The average Bonchev–Trinajstić information content (AvgIpc) is 2.30. The standard InChI is InChI=1S/C16H24FIN2/c1-8(2)20-15(18)10(4)13-12(6)19-11(5)9(3)14(13)16(20,7)17/h8,10,15H,1-7H3. The number of hydrogen-bond acceptors (Lipinski definition) is 2. The number of fused-ring (bicyclic) bond motifs is 1. The Morgan fingerprint density at radius 1 is 1.25 bits per heavy atom. The molecule has 0 fully saturated rings. The smallest absolute Gasteiger partial charge is 0.188 e. The van der Waals surface area contributed by atoms with E-state index >= 15 is 4.39 Å². The minimum absolute atomic E-state index is 0.137. The lowest BCUT2D eigenvalue weighted by Gasteiger charge is -2.49. The average molecular weight is 390 g/mol. The molecule has 3 atom stereocenters. The van der Waals surface area contributed by atoms with Gasteiger partial charge in [-0.15, -0.1) is 0 Å². The lowest BCUT2D eigenvalue weighted by atomic mass is 9.81. The summed E-state index contributed by atoms with van der Waals surface area (Å²) in [5.41, 5.74) is 4.86. The van der Waals surface area contributed by atoms with Gasteiger partial charge in [0.05, 0.1) is 4.05 Å². The summed E-state index contributed by atoms with van der Waals surface area (Å²) < 4.78 is 15.9. The predicted molar refractivity (Wildman–Crippen MR) is 90.1 cm³/mol. The Bertz CT molecular complexity index is 540. The number of hydrogen-bond donors (Lipinski definition) is 0. The first-order valence-corrected chi connectivity index (χ1v) is 8.44. The third kappa shape index (κ3) is 2.19. The second-order valence-corrected chi connectivity index (χ2v) is 7.59. The van der Waals surface area contributed by atoms with Crippen molar-refractivity contribution in [2.24, 2.45) is 0 Å². The fourth-order valence-electron chi connectivity index (χ4n) is 3.61. The first kappa shape index (κ1) is 16.1. The lowest BCUT2D eigenvalue weighted by Crippen LogP contribution is -2.54. The number of aryl methyl sites for hydroxylation is 2. The van der Waals surface area contributed by atoms with Crippen molar-refractivity contribution in [2.75, 3.05) is 0 Å². The third-order valence-corrected chi connectivity index (χ3v) is 6.22. The van der Waals surface area contributed by atoms with Crippen LogP contribution >= 0.6 is 22.6 Å². The van der Waals surface area contributed by atoms with Crippen LogP contribution in [0, 0.1) is 20.8 Å². The van der Waals surface area contributed by atoms with Crippen molar-refractivity contribution in [2.45, 2.75) is 70.3 Å². The van der Waals surface area contributed by atoms with Gasteiger partial charge in [-0.3, -0.25) is 9.88 Å². The van der Waals surface area contributed by atoms with E-state index in [-0.39, 0.29) is 16.0 Å². The molecule has 3 unspecified atom stereocenters. The van der Waals surface area contributed by atoms with Gasteiger partial charge in [-0.2, -0.15) is 0 Å². The van der Waals surface area contributed by atoms with Crippen molar-refractivity contribution >= 4 is 22.6 Å². The number of halogens is 2. The highest BCUT2D eigenvalue weighted by Crippen LogP contribution is 2.49. The van der Waals surface area contributed by atoms with E-state index in [0.717, 1.165) is 28.1 Å². The maximum absolute atomic E-state index is 15.7. The van der Waals surface area contributed by atoms with Gasteiger partial charge >= 0.3 is 0 Å². The Hall–Kier alpha value is -0.230. The number of alkyl halides is 2. The highest BCUT2D eigenvalue weighted by atomic mass is 127. The zero-order valence-electron chi connectivity index (χ0n) is 13.4. The van der Waals surface area contributed by atoms with Crippen molar-refractivity contribution in [3.8, 4) is 0 Å². The highest BCUT2D eigenvalue weighted by Gasteiger charge is 2.49. The fourth-order valence-corrected chi connectivity index (χ4v) is 5.14. The Labute approximate surface area is 135 Å². The monoisotopic (exact) mass is 390 g/mol.